The lowest BCUT2D eigenvalue weighted by molar-refractivity contribution is 0.0602. The number of thiophene rings is 2. The van der Waals surface area contributed by atoms with Crippen molar-refractivity contribution in [1.82, 2.24) is 0 Å². The van der Waals surface area contributed by atoms with Crippen LogP contribution in [-0.4, -0.2) is 13.1 Å². The lowest BCUT2D eigenvalue weighted by atomic mass is 10.2. The second-order valence-corrected chi connectivity index (χ2v) is 5.44. The van der Waals surface area contributed by atoms with Gasteiger partial charge >= 0.3 is 5.97 Å². The molecule has 2 nitrogen and oxygen atoms in total. The summed E-state index contributed by atoms with van der Waals surface area (Å²) in [6.07, 6.45) is 0. The van der Waals surface area contributed by atoms with Crippen LogP contribution in [-0.2, 0) is 4.74 Å². The minimum atomic E-state index is -0.286. The van der Waals surface area contributed by atoms with Crippen LogP contribution in [0.2, 0.25) is 0 Å². The van der Waals surface area contributed by atoms with Gasteiger partial charge in [-0.15, -0.1) is 22.7 Å². The van der Waals surface area contributed by atoms with E-state index in [0.29, 0.717) is 5.56 Å². The first-order chi connectivity index (χ1) is 7.24. The second-order valence-electron chi connectivity index (χ2n) is 2.75. The van der Waals surface area contributed by atoms with Crippen LogP contribution in [0.1, 0.15) is 10.4 Å². The van der Waals surface area contributed by atoms with Gasteiger partial charge in [0.05, 0.1) is 22.4 Å². The van der Waals surface area contributed by atoms with Crippen molar-refractivity contribution < 1.29 is 9.53 Å². The lowest BCUT2D eigenvalue weighted by Gasteiger charge is -2.00. The van der Waals surface area contributed by atoms with Crippen molar-refractivity contribution in [3.8, 4) is 9.75 Å². The van der Waals surface area contributed by atoms with Crippen molar-refractivity contribution in [3.63, 3.8) is 0 Å². The molecule has 0 bridgehead atoms. The highest BCUT2D eigenvalue weighted by Gasteiger charge is 2.17. The molecule has 2 rings (SSSR count). The van der Waals surface area contributed by atoms with Crippen molar-refractivity contribution in [2.45, 2.75) is 0 Å². The summed E-state index contributed by atoms with van der Waals surface area (Å²) in [6, 6.07) is 3.76. The van der Waals surface area contributed by atoms with Gasteiger partial charge in [0.2, 0.25) is 0 Å². The van der Waals surface area contributed by atoms with E-state index in [1.165, 1.54) is 7.11 Å². The fourth-order valence-electron chi connectivity index (χ4n) is 1.21. The molecule has 0 aromatic carbocycles. The minimum absolute atomic E-state index is 0.286. The van der Waals surface area contributed by atoms with Gasteiger partial charge in [0.1, 0.15) is 0 Å². The molecular weight excluding hydrogens is 296 g/mol. The molecule has 0 amide bonds. The first kappa shape index (κ1) is 10.9. The Balaban J connectivity index is 2.50. The first-order valence-corrected chi connectivity index (χ1v) is 6.68. The maximum atomic E-state index is 11.5. The van der Waals surface area contributed by atoms with Gasteiger partial charge in [-0.3, -0.25) is 0 Å². The molecule has 0 fully saturated rings. The zero-order valence-corrected chi connectivity index (χ0v) is 11.0. The summed E-state index contributed by atoms with van der Waals surface area (Å²) in [7, 11) is 1.40. The third kappa shape index (κ3) is 2.00. The maximum absolute atomic E-state index is 11.5. The van der Waals surface area contributed by atoms with Crippen LogP contribution >= 0.6 is 38.6 Å². The molecule has 0 saturated carbocycles. The summed E-state index contributed by atoms with van der Waals surface area (Å²) in [4.78, 5) is 13.5. The third-order valence-electron chi connectivity index (χ3n) is 1.89. The average Bonchev–Trinajstić information content (AvgIpc) is 2.84. The Morgan fingerprint density at radius 1 is 1.27 bits per heavy atom. The number of ether oxygens (including phenoxy) is 1. The Kier molecular flexibility index (Phi) is 3.23. The van der Waals surface area contributed by atoms with E-state index in [-0.39, 0.29) is 5.97 Å². The summed E-state index contributed by atoms with van der Waals surface area (Å²) < 4.78 is 5.74. The van der Waals surface area contributed by atoms with Crippen LogP contribution in [0.25, 0.3) is 9.75 Å². The molecule has 2 aromatic rings. The number of hydrogen-bond acceptors (Lipinski definition) is 4. The topological polar surface area (TPSA) is 26.3 Å². The normalized spacial score (nSPS) is 10.3. The average molecular weight is 303 g/mol. The van der Waals surface area contributed by atoms with Crippen molar-refractivity contribution in [1.29, 1.82) is 0 Å². The number of rotatable bonds is 2. The highest BCUT2D eigenvalue weighted by atomic mass is 79.9. The number of carbonyl (C=O) groups is 1. The van der Waals surface area contributed by atoms with Crippen LogP contribution in [0.15, 0.2) is 27.4 Å². The molecule has 5 heteroatoms. The standard InChI is InChI=1S/C10H7BrO2S2/c1-13-10(12)6-2-4-14-8(6)9-7(11)3-5-15-9/h2-5H,1H3. The number of hydrogen-bond donors (Lipinski definition) is 0. The van der Waals surface area contributed by atoms with Crippen LogP contribution < -0.4 is 0 Å². The van der Waals surface area contributed by atoms with Gasteiger partial charge < -0.3 is 4.74 Å². The van der Waals surface area contributed by atoms with Gasteiger partial charge in [-0.2, -0.15) is 0 Å². The fraction of sp³-hybridized carbons (Fsp3) is 0.100. The Morgan fingerprint density at radius 3 is 2.53 bits per heavy atom. The molecule has 0 N–H and O–H groups in total. The molecule has 15 heavy (non-hydrogen) atoms. The van der Waals surface area contributed by atoms with Crippen LogP contribution in [0.5, 0.6) is 0 Å². The molecule has 0 atom stereocenters. The maximum Gasteiger partial charge on any atom is 0.339 e. The third-order valence-corrected chi connectivity index (χ3v) is 4.81. The van der Waals surface area contributed by atoms with E-state index in [1.54, 1.807) is 28.7 Å². The van der Waals surface area contributed by atoms with E-state index >= 15 is 0 Å². The van der Waals surface area contributed by atoms with Crippen LogP contribution in [0.3, 0.4) is 0 Å². The van der Waals surface area contributed by atoms with E-state index in [0.717, 1.165) is 14.2 Å². The molecule has 0 spiro atoms. The summed E-state index contributed by atoms with van der Waals surface area (Å²) in [5.74, 6) is -0.286. The van der Waals surface area contributed by atoms with E-state index in [9.17, 15) is 4.79 Å². The van der Waals surface area contributed by atoms with Crippen molar-refractivity contribution >= 4 is 44.6 Å². The molecule has 2 aromatic heterocycles. The zero-order valence-electron chi connectivity index (χ0n) is 7.82. The highest BCUT2D eigenvalue weighted by molar-refractivity contribution is 9.10. The van der Waals surface area contributed by atoms with Gasteiger partial charge in [-0.25, -0.2) is 4.79 Å². The minimum Gasteiger partial charge on any atom is -0.465 e. The lowest BCUT2D eigenvalue weighted by Crippen LogP contribution is -2.00. The second kappa shape index (κ2) is 4.47. The Labute approximate surface area is 104 Å². The van der Waals surface area contributed by atoms with Gasteiger partial charge in [0, 0.05) is 4.47 Å². The van der Waals surface area contributed by atoms with Crippen molar-refractivity contribution in [3.05, 3.63) is 32.9 Å². The number of halogens is 1. The summed E-state index contributed by atoms with van der Waals surface area (Å²) in [6.45, 7) is 0. The summed E-state index contributed by atoms with van der Waals surface area (Å²) in [5.41, 5.74) is 0.630. The molecule has 0 aliphatic carbocycles. The van der Waals surface area contributed by atoms with E-state index in [1.807, 2.05) is 16.8 Å². The summed E-state index contributed by atoms with van der Waals surface area (Å²) >= 11 is 6.61. The Morgan fingerprint density at radius 2 is 1.93 bits per heavy atom. The van der Waals surface area contributed by atoms with Gasteiger partial charge in [0.15, 0.2) is 0 Å². The SMILES string of the molecule is COC(=O)c1ccsc1-c1sccc1Br. The molecule has 0 aliphatic heterocycles. The number of esters is 1. The Bertz CT molecular complexity index is 487. The quantitative estimate of drug-likeness (QED) is 0.783. The predicted octanol–water partition coefficient (Wildman–Crippen LogP) is 4.03. The van der Waals surface area contributed by atoms with E-state index in [4.69, 9.17) is 4.74 Å². The molecule has 0 unspecified atom stereocenters. The molecule has 0 aliphatic rings. The number of methoxy groups -OCH3 is 1. The smallest absolute Gasteiger partial charge is 0.339 e. The van der Waals surface area contributed by atoms with Gasteiger partial charge in [-0.1, -0.05) is 0 Å². The largest absolute Gasteiger partial charge is 0.465 e. The van der Waals surface area contributed by atoms with Crippen molar-refractivity contribution in [2.24, 2.45) is 0 Å². The van der Waals surface area contributed by atoms with Gasteiger partial charge in [0.25, 0.3) is 0 Å². The van der Waals surface area contributed by atoms with Crippen LogP contribution in [0, 0.1) is 0 Å². The highest BCUT2D eigenvalue weighted by Crippen LogP contribution is 2.38. The molecule has 0 saturated heterocycles. The molecule has 2 heterocycles. The molecular formula is C10H7BrO2S2. The zero-order chi connectivity index (χ0) is 10.8. The predicted molar refractivity (Wildman–Crippen MR) is 66.7 cm³/mol. The van der Waals surface area contributed by atoms with Gasteiger partial charge in [-0.05, 0) is 38.8 Å². The fourth-order valence-corrected chi connectivity index (χ4v) is 3.99. The molecule has 78 valence electrons. The van der Waals surface area contributed by atoms with E-state index < -0.39 is 0 Å². The monoisotopic (exact) mass is 302 g/mol. The van der Waals surface area contributed by atoms with Crippen molar-refractivity contribution in [2.75, 3.05) is 7.11 Å². The molecule has 0 radical (unpaired) electrons. The number of carbonyl (C=O) groups excluding carboxylic acids is 1. The van der Waals surface area contributed by atoms with E-state index in [2.05, 4.69) is 15.9 Å². The first-order valence-electron chi connectivity index (χ1n) is 4.13. The van der Waals surface area contributed by atoms with Crippen LogP contribution in [0.4, 0.5) is 0 Å². The summed E-state index contributed by atoms with van der Waals surface area (Å²) in [5, 5.41) is 3.88. The Hall–Kier alpha value is -0.650.